The van der Waals surface area contributed by atoms with Gasteiger partial charge < -0.3 is 19.7 Å². The van der Waals surface area contributed by atoms with Gasteiger partial charge >= 0.3 is 0 Å². The highest BCUT2D eigenvalue weighted by molar-refractivity contribution is 6.36. The zero-order chi connectivity index (χ0) is 26.6. The van der Waals surface area contributed by atoms with Crippen LogP contribution in [0.1, 0.15) is 30.9 Å². The van der Waals surface area contributed by atoms with Crippen molar-refractivity contribution in [3.63, 3.8) is 0 Å². The number of nitrogens with zero attached hydrogens (tertiary/aromatic N) is 1. The van der Waals surface area contributed by atoms with Crippen molar-refractivity contribution in [2.24, 2.45) is 0 Å². The minimum Gasteiger partial charge on any atom is -0.493 e. The van der Waals surface area contributed by atoms with Crippen molar-refractivity contribution >= 4 is 35.0 Å². The second-order valence-electron chi connectivity index (χ2n) is 8.51. The second kappa shape index (κ2) is 14.5. The normalized spacial score (nSPS) is 11.5. The number of methoxy groups -OCH3 is 1. The third kappa shape index (κ3) is 8.14. The summed E-state index contributed by atoms with van der Waals surface area (Å²) in [7, 11) is 1.53. The predicted octanol–water partition coefficient (Wildman–Crippen LogP) is 5.94. The molecule has 3 aromatic carbocycles. The molecule has 1 atom stereocenters. The van der Waals surface area contributed by atoms with E-state index in [9.17, 15) is 9.59 Å². The Morgan fingerprint density at radius 2 is 1.57 bits per heavy atom. The highest BCUT2D eigenvalue weighted by atomic mass is 35.5. The lowest BCUT2D eigenvalue weighted by atomic mass is 10.0. The van der Waals surface area contributed by atoms with Crippen LogP contribution < -0.4 is 14.8 Å². The molecular formula is C29H32Cl2N2O4. The highest BCUT2D eigenvalue weighted by Gasteiger charge is 2.31. The van der Waals surface area contributed by atoms with Gasteiger partial charge in [-0.25, -0.2) is 0 Å². The van der Waals surface area contributed by atoms with Crippen LogP contribution in [0, 0.1) is 0 Å². The molecule has 0 heterocycles. The van der Waals surface area contributed by atoms with Crippen molar-refractivity contribution in [1.82, 2.24) is 10.2 Å². The number of hydrogen-bond acceptors (Lipinski definition) is 4. The van der Waals surface area contributed by atoms with Crippen molar-refractivity contribution in [1.29, 1.82) is 0 Å². The first-order chi connectivity index (χ1) is 17.9. The lowest BCUT2D eigenvalue weighted by Gasteiger charge is -2.32. The Labute approximate surface area is 228 Å². The van der Waals surface area contributed by atoms with Crippen molar-refractivity contribution in [3.8, 4) is 11.5 Å². The Balaban J connectivity index is 1.95. The largest absolute Gasteiger partial charge is 0.493 e. The maximum absolute atomic E-state index is 13.7. The number of unbranched alkanes of at least 4 members (excludes halogenated alkanes) is 1. The highest BCUT2D eigenvalue weighted by Crippen LogP contribution is 2.28. The molecule has 8 heteroatoms. The summed E-state index contributed by atoms with van der Waals surface area (Å²) < 4.78 is 11.2. The fraction of sp³-hybridized carbons (Fsp3) is 0.310. The molecule has 0 aromatic heterocycles. The number of halogens is 2. The average Bonchev–Trinajstić information content (AvgIpc) is 2.91. The second-order valence-corrected chi connectivity index (χ2v) is 9.33. The smallest absolute Gasteiger partial charge is 0.261 e. The van der Waals surface area contributed by atoms with Crippen molar-refractivity contribution in [2.75, 3.05) is 20.3 Å². The Morgan fingerprint density at radius 3 is 2.22 bits per heavy atom. The van der Waals surface area contributed by atoms with Gasteiger partial charge in [-0.1, -0.05) is 85.1 Å². The Kier molecular flexibility index (Phi) is 11.1. The van der Waals surface area contributed by atoms with Crippen LogP contribution in [-0.4, -0.2) is 43.0 Å². The van der Waals surface area contributed by atoms with Gasteiger partial charge in [0.15, 0.2) is 18.1 Å². The molecule has 1 N–H and O–H groups in total. The third-order valence-corrected chi connectivity index (χ3v) is 6.62. The first-order valence-corrected chi connectivity index (χ1v) is 13.0. The van der Waals surface area contributed by atoms with Crippen LogP contribution in [0.15, 0.2) is 72.8 Å². The van der Waals surface area contributed by atoms with Crippen LogP contribution in [0.4, 0.5) is 0 Å². The van der Waals surface area contributed by atoms with Gasteiger partial charge in [-0.3, -0.25) is 9.59 Å². The van der Waals surface area contributed by atoms with Crippen LogP contribution in [0.3, 0.4) is 0 Å². The van der Waals surface area contributed by atoms with E-state index in [4.69, 9.17) is 32.7 Å². The van der Waals surface area contributed by atoms with E-state index in [-0.39, 0.29) is 25.0 Å². The molecular weight excluding hydrogens is 511 g/mol. The number of benzene rings is 3. The number of amides is 2. The van der Waals surface area contributed by atoms with E-state index >= 15 is 0 Å². The van der Waals surface area contributed by atoms with Crippen molar-refractivity contribution in [3.05, 3.63) is 94.0 Å². The summed E-state index contributed by atoms with van der Waals surface area (Å²) in [5, 5.41) is 3.82. The minimum atomic E-state index is -0.805. The zero-order valence-corrected chi connectivity index (χ0v) is 22.6. The summed E-state index contributed by atoms with van der Waals surface area (Å²) >= 11 is 12.9. The molecule has 0 aliphatic rings. The molecule has 0 aliphatic carbocycles. The van der Waals surface area contributed by atoms with E-state index in [1.807, 2.05) is 36.4 Å². The molecule has 2 amide bonds. The number of carbonyl (C=O) groups excluding carboxylic acids is 2. The lowest BCUT2D eigenvalue weighted by molar-refractivity contribution is -0.142. The van der Waals surface area contributed by atoms with Gasteiger partial charge in [0, 0.05) is 35.1 Å². The fourth-order valence-corrected chi connectivity index (χ4v) is 4.39. The summed E-state index contributed by atoms with van der Waals surface area (Å²) in [4.78, 5) is 28.7. The van der Waals surface area contributed by atoms with Gasteiger partial charge in [-0.05, 0) is 36.2 Å². The van der Waals surface area contributed by atoms with Gasteiger partial charge in [0.25, 0.3) is 5.91 Å². The van der Waals surface area contributed by atoms with E-state index in [0.29, 0.717) is 40.1 Å². The first kappa shape index (κ1) is 28.4. The quantitative estimate of drug-likeness (QED) is 0.271. The molecule has 0 fully saturated rings. The molecule has 0 saturated heterocycles. The predicted molar refractivity (Wildman–Crippen MR) is 147 cm³/mol. The molecule has 0 radical (unpaired) electrons. The van der Waals surface area contributed by atoms with E-state index in [2.05, 4.69) is 12.2 Å². The molecule has 0 unspecified atom stereocenters. The first-order valence-electron chi connectivity index (χ1n) is 12.2. The third-order valence-electron chi connectivity index (χ3n) is 5.91. The van der Waals surface area contributed by atoms with Crippen LogP contribution in [-0.2, 0) is 22.6 Å². The number of carbonyl (C=O) groups is 2. The summed E-state index contributed by atoms with van der Waals surface area (Å²) in [5.41, 5.74) is 1.49. The monoisotopic (exact) mass is 542 g/mol. The Bertz CT molecular complexity index is 1150. The van der Waals surface area contributed by atoms with Gasteiger partial charge in [0.05, 0.1) is 7.11 Å². The van der Waals surface area contributed by atoms with Crippen LogP contribution in [0.2, 0.25) is 10.0 Å². The standard InChI is InChI=1S/C29H32Cl2N2O4/c1-3-4-17-32-29(35)25(18-21-11-6-5-7-12-21)33(19-22-23(30)13-10-14-24(22)31)28(34)20-37-27-16-9-8-15-26(27)36-2/h5-16,25H,3-4,17-20H2,1-2H3,(H,32,35)/t25-/m1/s1. The Morgan fingerprint density at radius 1 is 0.919 bits per heavy atom. The molecule has 37 heavy (non-hydrogen) atoms. The molecule has 3 rings (SSSR count). The molecule has 3 aromatic rings. The topological polar surface area (TPSA) is 67.9 Å². The summed E-state index contributed by atoms with van der Waals surface area (Å²) in [6, 6.07) is 21.0. The fourth-order valence-electron chi connectivity index (χ4n) is 3.87. The summed E-state index contributed by atoms with van der Waals surface area (Å²) in [6.07, 6.45) is 2.10. The number of rotatable bonds is 13. The van der Waals surface area contributed by atoms with Gasteiger partial charge in [0.2, 0.25) is 5.91 Å². The lowest BCUT2D eigenvalue weighted by Crippen LogP contribution is -2.52. The van der Waals surface area contributed by atoms with E-state index in [0.717, 1.165) is 18.4 Å². The van der Waals surface area contributed by atoms with Crippen molar-refractivity contribution < 1.29 is 19.1 Å². The summed E-state index contributed by atoms with van der Waals surface area (Å²) in [6.45, 7) is 2.33. The van der Waals surface area contributed by atoms with Crippen LogP contribution in [0.25, 0.3) is 0 Å². The molecule has 0 aliphatic heterocycles. The SMILES string of the molecule is CCCCNC(=O)[C@@H](Cc1ccccc1)N(Cc1c(Cl)cccc1Cl)C(=O)COc1ccccc1OC. The molecule has 0 bridgehead atoms. The number of ether oxygens (including phenoxy) is 2. The van der Waals surface area contributed by atoms with Crippen molar-refractivity contribution in [2.45, 2.75) is 38.8 Å². The maximum atomic E-state index is 13.7. The van der Waals surface area contributed by atoms with E-state index in [1.54, 1.807) is 36.4 Å². The zero-order valence-electron chi connectivity index (χ0n) is 21.1. The van der Waals surface area contributed by atoms with Gasteiger partial charge in [0.1, 0.15) is 6.04 Å². The summed E-state index contributed by atoms with van der Waals surface area (Å²) in [5.74, 6) is 0.315. The van der Waals surface area contributed by atoms with Gasteiger partial charge in [-0.15, -0.1) is 0 Å². The van der Waals surface area contributed by atoms with Crippen LogP contribution in [0.5, 0.6) is 11.5 Å². The molecule has 0 spiro atoms. The Hall–Kier alpha value is -3.22. The molecule has 6 nitrogen and oxygen atoms in total. The number of nitrogens with one attached hydrogen (secondary N) is 1. The molecule has 0 saturated carbocycles. The van der Waals surface area contributed by atoms with E-state index < -0.39 is 6.04 Å². The van der Waals surface area contributed by atoms with Gasteiger partial charge in [-0.2, -0.15) is 0 Å². The number of hydrogen-bond donors (Lipinski definition) is 1. The minimum absolute atomic E-state index is 0.0469. The average molecular weight is 543 g/mol. The number of para-hydroxylation sites is 2. The van der Waals surface area contributed by atoms with E-state index in [1.165, 1.54) is 12.0 Å². The van der Waals surface area contributed by atoms with Crippen LogP contribution >= 0.6 is 23.2 Å². The molecule has 196 valence electrons. The maximum Gasteiger partial charge on any atom is 0.261 e.